The molecule has 2 rings (SSSR count). The second-order valence-corrected chi connectivity index (χ2v) is 7.16. The smallest absolute Gasteiger partial charge is 0.309 e. The molecule has 14 nitrogen and oxygen atoms in total. The number of rotatable bonds is 6. The lowest BCUT2D eigenvalue weighted by atomic mass is 10.1. The highest BCUT2D eigenvalue weighted by Gasteiger charge is 2.45. The number of hydrogen-bond acceptors (Lipinski definition) is 8. The molecule has 1 aromatic heterocycles. The number of nitro groups is 1. The number of amides is 1. The van der Waals surface area contributed by atoms with E-state index in [1.165, 1.54) is 0 Å². The first-order valence-electron chi connectivity index (χ1n) is 7.16. The summed E-state index contributed by atoms with van der Waals surface area (Å²) in [5.74, 6) is -3.06. The highest BCUT2D eigenvalue weighted by molar-refractivity contribution is 7.86. The molecule has 4 N–H and O–H groups in total. The summed E-state index contributed by atoms with van der Waals surface area (Å²) in [4.78, 5) is 22.5. The molecule has 0 saturated carbocycles. The van der Waals surface area contributed by atoms with Crippen molar-refractivity contribution >= 4 is 27.4 Å². The quantitative estimate of drug-likeness (QED) is 0.136. The summed E-state index contributed by atoms with van der Waals surface area (Å²) >= 11 is 0. The number of hydrogen-bond donors (Lipinski definition) is 4. The van der Waals surface area contributed by atoms with Crippen LogP contribution in [0.15, 0.2) is 35.4 Å². The molecule has 0 saturated heterocycles. The van der Waals surface area contributed by atoms with Gasteiger partial charge in [-0.2, -0.15) is 8.42 Å². The predicted octanol–water partition coefficient (Wildman–Crippen LogP) is 1.70. The van der Waals surface area contributed by atoms with E-state index in [4.69, 9.17) is 5.53 Å². The van der Waals surface area contributed by atoms with E-state index in [0.717, 1.165) is 37.3 Å². The largest absolute Gasteiger partial charge is 0.494 e. The van der Waals surface area contributed by atoms with Gasteiger partial charge in [-0.05, 0) is 24.6 Å². The zero-order valence-electron chi connectivity index (χ0n) is 13.9. The molecule has 0 aliphatic rings. The molecule has 2 aromatic rings. The van der Waals surface area contributed by atoms with Gasteiger partial charge in [-0.1, -0.05) is 11.2 Å². The number of carbonyl (C=O) groups is 1. The molecule has 1 atom stereocenters. The Morgan fingerprint density at radius 1 is 1.32 bits per heavy atom. The Balaban J connectivity index is 2.66. The van der Waals surface area contributed by atoms with Gasteiger partial charge in [0.25, 0.3) is 11.6 Å². The van der Waals surface area contributed by atoms with Crippen LogP contribution in [0.1, 0.15) is 17.3 Å². The molecule has 0 fully saturated rings. The van der Waals surface area contributed by atoms with Gasteiger partial charge in [0.15, 0.2) is 11.8 Å². The van der Waals surface area contributed by atoms with Crippen molar-refractivity contribution in [2.45, 2.75) is 11.9 Å². The molecule has 0 spiro atoms. The van der Waals surface area contributed by atoms with Crippen LogP contribution in [0.3, 0.4) is 0 Å². The molecule has 1 unspecified atom stereocenters. The molecule has 28 heavy (non-hydrogen) atoms. The lowest BCUT2D eigenvalue weighted by Crippen LogP contribution is -2.53. The Bertz CT molecular complexity index is 1100. The van der Waals surface area contributed by atoms with Crippen LogP contribution < -0.4 is 5.32 Å². The Morgan fingerprint density at radius 3 is 2.36 bits per heavy atom. The third-order valence-electron chi connectivity index (χ3n) is 3.71. The third-order valence-corrected chi connectivity index (χ3v) is 5.00. The summed E-state index contributed by atoms with van der Waals surface area (Å²) in [6.45, 7) is 0.725. The van der Waals surface area contributed by atoms with Gasteiger partial charge < -0.3 is 15.5 Å². The summed E-state index contributed by atoms with van der Waals surface area (Å²) in [6, 6.07) is 4.91. The van der Waals surface area contributed by atoms with Crippen molar-refractivity contribution in [1.82, 2.24) is 9.88 Å². The van der Waals surface area contributed by atoms with Gasteiger partial charge in [0, 0.05) is 17.0 Å². The van der Waals surface area contributed by atoms with Crippen molar-refractivity contribution in [2.75, 3.05) is 0 Å². The Labute approximate surface area is 156 Å². The first kappa shape index (κ1) is 20.5. The molecule has 0 bridgehead atoms. The third kappa shape index (κ3) is 3.39. The van der Waals surface area contributed by atoms with E-state index in [1.807, 2.05) is 5.32 Å². The second kappa shape index (κ2) is 7.07. The van der Waals surface area contributed by atoms with E-state index in [2.05, 4.69) is 10.0 Å². The molecule has 0 radical (unpaired) electrons. The number of para-hydroxylation sites is 1. The number of aromatic hydroxyl groups is 2. The monoisotopic (exact) mass is 412 g/mol. The van der Waals surface area contributed by atoms with Crippen molar-refractivity contribution in [1.29, 1.82) is 0 Å². The molecule has 1 aromatic carbocycles. The summed E-state index contributed by atoms with van der Waals surface area (Å²) in [7, 11) is -5.23. The lowest BCUT2D eigenvalue weighted by molar-refractivity contribution is -0.384. The van der Waals surface area contributed by atoms with Crippen molar-refractivity contribution in [2.24, 2.45) is 5.11 Å². The molecule has 1 heterocycles. The molecule has 1 amide bonds. The maximum Gasteiger partial charge on any atom is 0.309 e. The summed E-state index contributed by atoms with van der Waals surface area (Å²) in [5, 5.41) is 35.8. The van der Waals surface area contributed by atoms with Crippen LogP contribution in [0.5, 0.6) is 11.8 Å². The van der Waals surface area contributed by atoms with Gasteiger partial charge in [0.2, 0.25) is 4.99 Å². The fraction of sp³-hybridized carbons (Fsp3) is 0.154. The van der Waals surface area contributed by atoms with Crippen LogP contribution in [0, 0.1) is 10.1 Å². The van der Waals surface area contributed by atoms with E-state index < -0.39 is 54.6 Å². The zero-order chi connectivity index (χ0) is 21.3. The molecule has 0 aliphatic carbocycles. The summed E-state index contributed by atoms with van der Waals surface area (Å²) in [6.07, 6.45) is 0. The summed E-state index contributed by atoms with van der Waals surface area (Å²) in [5.41, 5.74) is 6.37. The minimum atomic E-state index is -5.23. The standard InChI is InChI=1S/C13H12N6O8S/c1-13(28(25,26)27,18-9(20)5-6-10(18)21)15-12(22)7-3-2-4-8(16-17-14)11(7)19(23)24/h2-6,20-21H,1H3,(H,15,22)(H,25,26,27). The maximum absolute atomic E-state index is 12.6. The number of benzene rings is 1. The van der Waals surface area contributed by atoms with Crippen LogP contribution in [-0.4, -0.2) is 38.6 Å². The van der Waals surface area contributed by atoms with E-state index >= 15 is 0 Å². The van der Waals surface area contributed by atoms with Crippen molar-refractivity contribution in [3.8, 4) is 11.8 Å². The number of aromatic nitrogens is 1. The maximum atomic E-state index is 12.6. The van der Waals surface area contributed by atoms with Crippen LogP contribution >= 0.6 is 0 Å². The highest BCUT2D eigenvalue weighted by atomic mass is 32.2. The number of azide groups is 1. The fourth-order valence-corrected chi connectivity index (χ4v) is 3.04. The SMILES string of the molecule is CC(NC(=O)c1cccc(N=[N+]=[N-])c1[N+](=O)[O-])(n1c(O)ccc1O)S(=O)(=O)O. The van der Waals surface area contributed by atoms with Crippen LogP contribution in [0.2, 0.25) is 0 Å². The number of carbonyl (C=O) groups excluding carboxylic acids is 1. The van der Waals surface area contributed by atoms with Gasteiger partial charge in [0.1, 0.15) is 11.3 Å². The van der Waals surface area contributed by atoms with Crippen LogP contribution in [-0.2, 0) is 15.1 Å². The summed E-state index contributed by atoms with van der Waals surface area (Å²) < 4.78 is 33.7. The minimum absolute atomic E-state index is 0.281. The molecule has 0 aliphatic heterocycles. The lowest BCUT2D eigenvalue weighted by Gasteiger charge is -2.30. The van der Waals surface area contributed by atoms with Crippen molar-refractivity contribution in [3.05, 3.63) is 56.5 Å². The first-order valence-corrected chi connectivity index (χ1v) is 8.60. The molecule has 15 heteroatoms. The van der Waals surface area contributed by atoms with Gasteiger partial charge in [-0.15, -0.1) is 0 Å². The Morgan fingerprint density at radius 2 is 1.89 bits per heavy atom. The molecule has 148 valence electrons. The van der Waals surface area contributed by atoms with Gasteiger partial charge >= 0.3 is 10.1 Å². The normalized spacial score (nSPS) is 13.2. The van der Waals surface area contributed by atoms with Crippen LogP contribution in [0.25, 0.3) is 10.4 Å². The average Bonchev–Trinajstić information content (AvgIpc) is 2.92. The average molecular weight is 412 g/mol. The van der Waals surface area contributed by atoms with Crippen LogP contribution in [0.4, 0.5) is 11.4 Å². The molecular formula is C13H12N6O8S. The van der Waals surface area contributed by atoms with Gasteiger partial charge in [0.05, 0.1) is 4.92 Å². The van der Waals surface area contributed by atoms with Gasteiger partial charge in [-0.3, -0.25) is 19.5 Å². The van der Waals surface area contributed by atoms with Crippen molar-refractivity contribution < 1.29 is 32.9 Å². The molecular weight excluding hydrogens is 400 g/mol. The zero-order valence-corrected chi connectivity index (χ0v) is 14.7. The van der Waals surface area contributed by atoms with E-state index in [0.29, 0.717) is 0 Å². The first-order chi connectivity index (χ1) is 12.9. The van der Waals surface area contributed by atoms with E-state index in [9.17, 15) is 38.1 Å². The van der Waals surface area contributed by atoms with Crippen molar-refractivity contribution in [3.63, 3.8) is 0 Å². The van der Waals surface area contributed by atoms with E-state index in [-0.39, 0.29) is 4.57 Å². The topological polar surface area (TPSA) is 221 Å². The van der Waals surface area contributed by atoms with Gasteiger partial charge in [-0.25, -0.2) is 4.57 Å². The highest BCUT2D eigenvalue weighted by Crippen LogP contribution is 2.35. The second-order valence-electron chi connectivity index (χ2n) is 5.42. The Hall–Kier alpha value is -3.81. The Kier molecular flexibility index (Phi) is 5.18. The minimum Gasteiger partial charge on any atom is -0.494 e. The van der Waals surface area contributed by atoms with E-state index in [1.54, 1.807) is 0 Å². The fourth-order valence-electron chi connectivity index (χ4n) is 2.40. The number of nitrogens with one attached hydrogen (secondary N) is 1. The predicted molar refractivity (Wildman–Crippen MR) is 92.3 cm³/mol. The number of nitrogens with zero attached hydrogens (tertiary/aromatic N) is 5. The number of nitro benzene ring substituents is 1.